The second-order valence-electron chi connectivity index (χ2n) is 5.74. The normalized spacial score (nSPS) is 18.5. The van der Waals surface area contributed by atoms with Gasteiger partial charge in [-0.3, -0.25) is 4.79 Å². The molecule has 0 bridgehead atoms. The topological polar surface area (TPSA) is 61.4 Å². The Morgan fingerprint density at radius 1 is 1.36 bits per heavy atom. The second-order valence-corrected chi connectivity index (χ2v) is 6.79. The van der Waals surface area contributed by atoms with Crippen molar-refractivity contribution in [1.29, 1.82) is 0 Å². The van der Waals surface area contributed by atoms with Crippen LogP contribution in [0.4, 0.5) is 0 Å². The van der Waals surface area contributed by atoms with E-state index >= 15 is 0 Å². The lowest BCUT2D eigenvalue weighted by Gasteiger charge is -2.23. The fourth-order valence-electron chi connectivity index (χ4n) is 3.08. The number of hydrogen-bond donors (Lipinski definition) is 3. The lowest BCUT2D eigenvalue weighted by molar-refractivity contribution is 0.0948. The molecule has 0 saturated carbocycles. The highest BCUT2D eigenvalue weighted by Gasteiger charge is 2.22. The van der Waals surface area contributed by atoms with E-state index in [1.54, 1.807) is 11.3 Å². The molecular formula is C17H22N2O2S. The van der Waals surface area contributed by atoms with Crippen LogP contribution in [0.2, 0.25) is 0 Å². The Morgan fingerprint density at radius 3 is 3.00 bits per heavy atom. The van der Waals surface area contributed by atoms with Gasteiger partial charge in [-0.2, -0.15) is 0 Å². The molecule has 1 atom stereocenters. The third-order valence-electron chi connectivity index (χ3n) is 4.16. The van der Waals surface area contributed by atoms with Crippen LogP contribution >= 0.6 is 11.3 Å². The van der Waals surface area contributed by atoms with Gasteiger partial charge in [0.15, 0.2) is 0 Å². The van der Waals surface area contributed by atoms with Gasteiger partial charge >= 0.3 is 0 Å². The van der Waals surface area contributed by atoms with E-state index < -0.39 is 0 Å². The molecule has 3 rings (SSSR count). The average molecular weight is 318 g/mol. The molecule has 0 spiro atoms. The van der Waals surface area contributed by atoms with Gasteiger partial charge in [-0.05, 0) is 42.8 Å². The minimum atomic E-state index is -0.0685. The summed E-state index contributed by atoms with van der Waals surface area (Å²) in [4.78, 5) is 13.2. The van der Waals surface area contributed by atoms with Crippen LogP contribution < -0.4 is 10.6 Å². The van der Waals surface area contributed by atoms with Gasteiger partial charge < -0.3 is 15.7 Å². The van der Waals surface area contributed by atoms with Crippen molar-refractivity contribution in [3.8, 4) is 0 Å². The predicted molar refractivity (Wildman–Crippen MR) is 90.6 cm³/mol. The van der Waals surface area contributed by atoms with Crippen molar-refractivity contribution in [2.75, 3.05) is 19.7 Å². The first kappa shape index (κ1) is 15.5. The van der Waals surface area contributed by atoms with Gasteiger partial charge in [-0.25, -0.2) is 0 Å². The molecular weight excluding hydrogens is 296 g/mol. The molecule has 1 aromatic heterocycles. The van der Waals surface area contributed by atoms with E-state index in [1.807, 2.05) is 12.1 Å². The summed E-state index contributed by atoms with van der Waals surface area (Å²) in [7, 11) is 0. The average Bonchev–Trinajstić information content (AvgIpc) is 2.92. The molecule has 1 aliphatic heterocycles. The monoisotopic (exact) mass is 318 g/mol. The van der Waals surface area contributed by atoms with Gasteiger partial charge in [-0.1, -0.05) is 24.6 Å². The molecule has 4 nitrogen and oxygen atoms in total. The molecule has 1 fully saturated rings. The molecule has 1 amide bonds. The zero-order valence-corrected chi connectivity index (χ0v) is 13.4. The summed E-state index contributed by atoms with van der Waals surface area (Å²) in [5, 5.41) is 16.5. The third kappa shape index (κ3) is 3.32. The number of hydrogen-bond acceptors (Lipinski definition) is 4. The number of aliphatic hydroxyl groups excluding tert-OH is 1. The van der Waals surface area contributed by atoms with Gasteiger partial charge in [0.25, 0.3) is 5.91 Å². The van der Waals surface area contributed by atoms with E-state index in [0.717, 1.165) is 28.1 Å². The molecule has 0 unspecified atom stereocenters. The number of benzene rings is 1. The standard InChI is InChI=1S/C17H22N2O2S/c20-10-9-19-17(21)16-14(11-12-5-3-4-8-18-12)13-6-1-2-7-15(13)22-16/h1-2,6-7,12,18,20H,3-5,8-11H2,(H,19,21)/t12-/m1/s1. The van der Waals surface area contributed by atoms with Crippen LogP contribution in [-0.4, -0.2) is 36.8 Å². The molecule has 1 saturated heterocycles. The number of thiophene rings is 1. The fourth-order valence-corrected chi connectivity index (χ4v) is 4.23. The van der Waals surface area contributed by atoms with Gasteiger partial charge in [0.1, 0.15) is 0 Å². The Balaban J connectivity index is 1.91. The van der Waals surface area contributed by atoms with Crippen LogP contribution in [0.3, 0.4) is 0 Å². The molecule has 5 heteroatoms. The van der Waals surface area contributed by atoms with Crippen molar-refractivity contribution in [2.45, 2.75) is 31.7 Å². The van der Waals surface area contributed by atoms with E-state index in [4.69, 9.17) is 5.11 Å². The number of fused-ring (bicyclic) bond motifs is 1. The minimum absolute atomic E-state index is 0.0316. The number of rotatable bonds is 5. The predicted octanol–water partition coefficient (Wildman–Crippen LogP) is 2.31. The van der Waals surface area contributed by atoms with Gasteiger partial charge in [-0.15, -0.1) is 11.3 Å². The van der Waals surface area contributed by atoms with Crippen LogP contribution in [0.5, 0.6) is 0 Å². The van der Waals surface area contributed by atoms with Crippen LogP contribution in [0.25, 0.3) is 10.1 Å². The van der Waals surface area contributed by atoms with Crippen molar-refractivity contribution in [2.24, 2.45) is 0 Å². The maximum absolute atomic E-state index is 12.4. The van der Waals surface area contributed by atoms with E-state index in [0.29, 0.717) is 12.6 Å². The Hall–Kier alpha value is -1.43. The Kier molecular flexibility index (Phi) is 5.08. The molecule has 1 aliphatic rings. The first-order chi connectivity index (χ1) is 10.8. The van der Waals surface area contributed by atoms with Crippen molar-refractivity contribution >= 4 is 27.3 Å². The summed E-state index contributed by atoms with van der Waals surface area (Å²) in [6, 6.07) is 8.67. The Morgan fingerprint density at radius 2 is 2.23 bits per heavy atom. The second kappa shape index (κ2) is 7.22. The zero-order chi connectivity index (χ0) is 15.4. The SMILES string of the molecule is O=C(NCCO)c1sc2ccccc2c1C[C@H]1CCCCN1. The summed E-state index contributed by atoms with van der Waals surface area (Å²) in [6.07, 6.45) is 4.56. The maximum atomic E-state index is 12.4. The molecule has 2 aromatic rings. The molecule has 1 aromatic carbocycles. The molecule has 0 radical (unpaired) electrons. The summed E-state index contributed by atoms with van der Waals surface area (Å²) in [6.45, 7) is 1.34. The van der Waals surface area contributed by atoms with Crippen LogP contribution in [-0.2, 0) is 6.42 Å². The number of nitrogens with one attached hydrogen (secondary N) is 2. The molecule has 118 valence electrons. The lowest BCUT2D eigenvalue weighted by atomic mass is 9.96. The first-order valence-electron chi connectivity index (χ1n) is 7.92. The maximum Gasteiger partial charge on any atom is 0.261 e. The minimum Gasteiger partial charge on any atom is -0.395 e. The third-order valence-corrected chi connectivity index (χ3v) is 5.38. The van der Waals surface area contributed by atoms with Gasteiger partial charge in [0.2, 0.25) is 0 Å². The highest BCUT2D eigenvalue weighted by atomic mass is 32.1. The number of aliphatic hydroxyl groups is 1. The number of carbonyl (C=O) groups is 1. The van der Waals surface area contributed by atoms with Crippen LogP contribution in [0, 0.1) is 0 Å². The number of amides is 1. The summed E-state index contributed by atoms with van der Waals surface area (Å²) in [5.41, 5.74) is 1.15. The Bertz CT molecular complexity index is 647. The highest BCUT2D eigenvalue weighted by Crippen LogP contribution is 2.33. The molecule has 2 heterocycles. The van der Waals surface area contributed by atoms with Crippen molar-refractivity contribution < 1.29 is 9.90 Å². The van der Waals surface area contributed by atoms with Crippen molar-refractivity contribution in [3.63, 3.8) is 0 Å². The quantitative estimate of drug-likeness (QED) is 0.793. The lowest BCUT2D eigenvalue weighted by Crippen LogP contribution is -2.36. The van der Waals surface area contributed by atoms with Crippen molar-refractivity contribution in [3.05, 3.63) is 34.7 Å². The first-order valence-corrected chi connectivity index (χ1v) is 8.74. The molecule has 22 heavy (non-hydrogen) atoms. The van der Waals surface area contributed by atoms with Crippen molar-refractivity contribution in [1.82, 2.24) is 10.6 Å². The molecule has 3 N–H and O–H groups in total. The van der Waals surface area contributed by atoms with Crippen LogP contribution in [0.15, 0.2) is 24.3 Å². The number of piperidine rings is 1. The summed E-state index contributed by atoms with van der Waals surface area (Å²) >= 11 is 1.55. The van der Waals surface area contributed by atoms with Crippen LogP contribution in [0.1, 0.15) is 34.5 Å². The number of carbonyl (C=O) groups excluding carboxylic acids is 1. The van der Waals surface area contributed by atoms with E-state index in [2.05, 4.69) is 22.8 Å². The van der Waals surface area contributed by atoms with E-state index in [1.165, 1.54) is 24.6 Å². The smallest absolute Gasteiger partial charge is 0.261 e. The van der Waals surface area contributed by atoms with E-state index in [9.17, 15) is 4.79 Å². The molecule has 0 aliphatic carbocycles. The largest absolute Gasteiger partial charge is 0.395 e. The zero-order valence-electron chi connectivity index (χ0n) is 12.6. The fraction of sp³-hybridized carbons (Fsp3) is 0.471. The van der Waals surface area contributed by atoms with Gasteiger partial charge in [0.05, 0.1) is 11.5 Å². The Labute approximate surface area is 134 Å². The van der Waals surface area contributed by atoms with E-state index in [-0.39, 0.29) is 12.5 Å². The highest BCUT2D eigenvalue weighted by molar-refractivity contribution is 7.21. The van der Waals surface area contributed by atoms with Gasteiger partial charge in [0, 0.05) is 17.3 Å². The summed E-state index contributed by atoms with van der Waals surface area (Å²) < 4.78 is 1.16. The summed E-state index contributed by atoms with van der Waals surface area (Å²) in [5.74, 6) is -0.0685.